The summed E-state index contributed by atoms with van der Waals surface area (Å²) in [6.45, 7) is 10.1. The number of nitrogens with zero attached hydrogens (tertiary/aromatic N) is 2. The average molecular weight is 436 g/mol. The van der Waals surface area contributed by atoms with E-state index in [0.29, 0.717) is 10.8 Å². The number of thioether (sulfide) groups is 1. The van der Waals surface area contributed by atoms with Gasteiger partial charge in [0.2, 0.25) is 11.8 Å². The van der Waals surface area contributed by atoms with Crippen LogP contribution < -0.4 is 10.1 Å². The van der Waals surface area contributed by atoms with Gasteiger partial charge in [0.15, 0.2) is 0 Å². The zero-order valence-electron chi connectivity index (χ0n) is 18.6. The van der Waals surface area contributed by atoms with Gasteiger partial charge in [0, 0.05) is 11.3 Å². The Labute approximate surface area is 182 Å². The SMILES string of the molecule is CC1CC2CCC(NC(=O)c3onc(OCC(C)(C)N=C=O)c3SC(C)C)C(C1)C2. The first-order chi connectivity index (χ1) is 14.2. The molecule has 0 aliphatic heterocycles. The van der Waals surface area contributed by atoms with Crippen molar-refractivity contribution in [3.8, 4) is 5.88 Å². The van der Waals surface area contributed by atoms with Crippen LogP contribution in [0.3, 0.4) is 0 Å². The smallest absolute Gasteiger partial charge is 0.291 e. The number of isocyanates is 1. The third kappa shape index (κ3) is 5.67. The largest absolute Gasteiger partial charge is 0.472 e. The van der Waals surface area contributed by atoms with Crippen molar-refractivity contribution in [3.63, 3.8) is 0 Å². The highest BCUT2D eigenvalue weighted by Crippen LogP contribution is 2.43. The van der Waals surface area contributed by atoms with E-state index in [1.54, 1.807) is 19.9 Å². The van der Waals surface area contributed by atoms with Gasteiger partial charge in [-0.3, -0.25) is 4.79 Å². The van der Waals surface area contributed by atoms with E-state index >= 15 is 0 Å². The van der Waals surface area contributed by atoms with E-state index in [9.17, 15) is 9.59 Å². The highest BCUT2D eigenvalue weighted by Gasteiger charge is 2.38. The summed E-state index contributed by atoms with van der Waals surface area (Å²) in [5.41, 5.74) is -0.737. The van der Waals surface area contributed by atoms with E-state index in [2.05, 4.69) is 22.4 Å². The number of ether oxygens (including phenoxy) is 1. The minimum atomic E-state index is -0.737. The molecule has 4 unspecified atom stereocenters. The quantitative estimate of drug-likeness (QED) is 0.364. The van der Waals surface area contributed by atoms with Gasteiger partial charge in [0.25, 0.3) is 11.8 Å². The van der Waals surface area contributed by atoms with Crippen molar-refractivity contribution in [2.24, 2.45) is 22.7 Å². The van der Waals surface area contributed by atoms with Crippen LogP contribution in [0, 0.1) is 17.8 Å². The van der Waals surface area contributed by atoms with Gasteiger partial charge in [-0.15, -0.1) is 11.8 Å². The van der Waals surface area contributed by atoms with Crippen molar-refractivity contribution in [2.45, 2.75) is 88.4 Å². The molecule has 2 aliphatic rings. The van der Waals surface area contributed by atoms with Gasteiger partial charge < -0.3 is 14.6 Å². The Hall–Kier alpha value is -1.79. The number of hydrogen-bond donors (Lipinski definition) is 1. The lowest BCUT2D eigenvalue weighted by Crippen LogP contribution is -2.46. The van der Waals surface area contributed by atoms with Crippen LogP contribution in [0.5, 0.6) is 5.88 Å². The first-order valence-electron chi connectivity index (χ1n) is 10.9. The number of fused-ring (bicyclic) bond motifs is 2. The minimum absolute atomic E-state index is 0.130. The van der Waals surface area contributed by atoms with Crippen molar-refractivity contribution >= 4 is 23.7 Å². The second-order valence-corrected chi connectivity index (χ2v) is 11.3. The summed E-state index contributed by atoms with van der Waals surface area (Å²) in [5.74, 6) is 2.31. The van der Waals surface area contributed by atoms with E-state index < -0.39 is 5.54 Å². The molecule has 1 N–H and O–H groups in total. The second-order valence-electron chi connectivity index (χ2n) is 9.71. The van der Waals surface area contributed by atoms with Crippen molar-refractivity contribution in [3.05, 3.63) is 5.76 Å². The van der Waals surface area contributed by atoms with E-state index in [1.807, 2.05) is 13.8 Å². The van der Waals surface area contributed by atoms with E-state index in [0.717, 1.165) is 18.3 Å². The highest BCUT2D eigenvalue weighted by molar-refractivity contribution is 8.00. The van der Waals surface area contributed by atoms with Crippen LogP contribution in [0.15, 0.2) is 14.4 Å². The number of amides is 1. The molecule has 2 saturated carbocycles. The molecule has 2 aliphatic carbocycles. The van der Waals surface area contributed by atoms with Gasteiger partial charge in [-0.2, -0.15) is 4.99 Å². The predicted molar refractivity (Wildman–Crippen MR) is 116 cm³/mol. The summed E-state index contributed by atoms with van der Waals surface area (Å²) in [4.78, 5) is 28.0. The lowest BCUT2D eigenvalue weighted by molar-refractivity contribution is 0.0757. The normalized spacial score (nSPS) is 26.2. The lowest BCUT2D eigenvalue weighted by Gasteiger charge is -2.43. The molecule has 4 atom stereocenters. The third-order valence-corrected chi connectivity index (χ3v) is 7.01. The molecule has 0 radical (unpaired) electrons. The Bertz CT molecular complexity index is 798. The van der Waals surface area contributed by atoms with E-state index in [1.165, 1.54) is 37.4 Å². The van der Waals surface area contributed by atoms with Crippen LogP contribution in [0.4, 0.5) is 0 Å². The first kappa shape index (κ1) is 22.9. The molecule has 166 valence electrons. The molecular weight excluding hydrogens is 402 g/mol. The van der Waals surface area contributed by atoms with Gasteiger partial charge in [-0.05, 0) is 68.9 Å². The summed E-state index contributed by atoms with van der Waals surface area (Å²) in [6.07, 6.45) is 7.46. The van der Waals surface area contributed by atoms with Crippen LogP contribution in [0.25, 0.3) is 0 Å². The first-order valence-corrected chi connectivity index (χ1v) is 11.8. The van der Waals surface area contributed by atoms with Gasteiger partial charge in [0.05, 0.1) is 0 Å². The van der Waals surface area contributed by atoms with Crippen molar-refractivity contribution < 1.29 is 18.8 Å². The standard InChI is InChI=1S/C22H33N3O4S/c1-13(2)30-19-18(29-25-21(19)28-11-22(4,5)23-12-26)20(27)24-17-7-6-15-8-14(3)9-16(17)10-15/h13-17H,6-11H2,1-5H3,(H,24,27). The average Bonchev–Trinajstić information content (AvgIpc) is 3.04. The number of aromatic nitrogens is 1. The van der Waals surface area contributed by atoms with Gasteiger partial charge in [-0.1, -0.05) is 20.8 Å². The lowest BCUT2D eigenvalue weighted by atomic mass is 9.66. The van der Waals surface area contributed by atoms with Gasteiger partial charge in [-0.25, -0.2) is 4.79 Å². The van der Waals surface area contributed by atoms with Crippen LogP contribution >= 0.6 is 11.8 Å². The molecule has 8 heteroatoms. The summed E-state index contributed by atoms with van der Waals surface area (Å²) in [6, 6.07) is 0.184. The van der Waals surface area contributed by atoms with Crippen LogP contribution in [-0.4, -0.2) is 40.6 Å². The highest BCUT2D eigenvalue weighted by atomic mass is 32.2. The summed E-state index contributed by atoms with van der Waals surface area (Å²) >= 11 is 1.48. The van der Waals surface area contributed by atoms with Crippen molar-refractivity contribution in [2.75, 3.05) is 6.61 Å². The van der Waals surface area contributed by atoms with Gasteiger partial charge >= 0.3 is 0 Å². The van der Waals surface area contributed by atoms with Gasteiger partial charge in [0.1, 0.15) is 17.0 Å². The molecule has 0 aromatic carbocycles. The Morgan fingerprint density at radius 2 is 2.13 bits per heavy atom. The van der Waals surface area contributed by atoms with Crippen LogP contribution in [0.2, 0.25) is 0 Å². The van der Waals surface area contributed by atoms with Crippen LogP contribution in [-0.2, 0) is 4.79 Å². The third-order valence-electron chi connectivity index (χ3n) is 5.94. The fourth-order valence-electron chi connectivity index (χ4n) is 4.69. The minimum Gasteiger partial charge on any atom is -0.472 e. The zero-order chi connectivity index (χ0) is 21.9. The summed E-state index contributed by atoms with van der Waals surface area (Å²) in [5, 5.41) is 7.44. The molecular formula is C22H33N3O4S. The number of carbonyl (C=O) groups is 1. The molecule has 0 saturated heterocycles. The fourth-order valence-corrected chi connectivity index (χ4v) is 5.59. The molecule has 1 heterocycles. The molecule has 0 spiro atoms. The second kappa shape index (κ2) is 9.56. The monoisotopic (exact) mass is 435 g/mol. The Morgan fingerprint density at radius 1 is 1.37 bits per heavy atom. The van der Waals surface area contributed by atoms with E-state index in [4.69, 9.17) is 9.26 Å². The maximum absolute atomic E-state index is 13.1. The molecule has 30 heavy (non-hydrogen) atoms. The Morgan fingerprint density at radius 3 is 2.83 bits per heavy atom. The topological polar surface area (TPSA) is 93.8 Å². The van der Waals surface area contributed by atoms with Crippen LogP contribution in [0.1, 0.15) is 77.3 Å². The fraction of sp³-hybridized carbons (Fsp3) is 0.773. The number of carbonyl (C=O) groups excluding carboxylic acids is 2. The summed E-state index contributed by atoms with van der Waals surface area (Å²) in [7, 11) is 0. The van der Waals surface area contributed by atoms with Crippen molar-refractivity contribution in [1.29, 1.82) is 0 Å². The zero-order valence-corrected chi connectivity index (χ0v) is 19.4. The molecule has 1 aromatic rings. The molecule has 2 fully saturated rings. The number of rotatable bonds is 8. The number of aliphatic imine (C=N–C) groups is 1. The van der Waals surface area contributed by atoms with E-state index in [-0.39, 0.29) is 35.4 Å². The Kier molecular flexibility index (Phi) is 7.30. The Balaban J connectivity index is 1.73. The molecule has 2 bridgehead atoms. The predicted octanol–water partition coefficient (Wildman–Crippen LogP) is 4.61. The maximum atomic E-state index is 13.1. The molecule has 7 nitrogen and oxygen atoms in total. The molecule has 1 aromatic heterocycles. The number of hydrogen-bond acceptors (Lipinski definition) is 7. The molecule has 3 rings (SSSR count). The molecule has 1 amide bonds. The number of nitrogens with one attached hydrogen (secondary N) is 1. The van der Waals surface area contributed by atoms with Crippen molar-refractivity contribution in [1.82, 2.24) is 10.5 Å². The maximum Gasteiger partial charge on any atom is 0.291 e. The summed E-state index contributed by atoms with van der Waals surface area (Å²) < 4.78 is 11.2.